The minimum atomic E-state index is -0.538. The number of benzene rings is 1. The summed E-state index contributed by atoms with van der Waals surface area (Å²) in [7, 11) is 0. The monoisotopic (exact) mass is 429 g/mol. The van der Waals surface area contributed by atoms with Crippen molar-refractivity contribution >= 4 is 11.5 Å². The third-order valence-electron chi connectivity index (χ3n) is 4.29. The smallest absolute Gasteiger partial charge is 0.233 e. The second-order valence-corrected chi connectivity index (χ2v) is 7.87. The summed E-state index contributed by atoms with van der Waals surface area (Å²) in [4.78, 5) is 0. The quantitative estimate of drug-likeness (QED) is 0.240. The molecule has 0 radical (unpaired) electrons. The van der Waals surface area contributed by atoms with Crippen molar-refractivity contribution in [1.82, 2.24) is 15.5 Å². The molecular weight excluding hydrogens is 394 g/mol. The molecule has 2 aromatic rings. The first-order valence-electron chi connectivity index (χ1n) is 10.8. The maximum Gasteiger partial charge on any atom is 0.233 e. The van der Waals surface area contributed by atoms with Crippen molar-refractivity contribution in [3.63, 3.8) is 0 Å². The first kappa shape index (κ1) is 24.6. The minimum absolute atomic E-state index is 0.270. The summed E-state index contributed by atoms with van der Waals surface area (Å²) in [5, 5.41) is 25.4. The third-order valence-corrected chi connectivity index (χ3v) is 4.29. The zero-order valence-corrected chi connectivity index (χ0v) is 19.0. The van der Waals surface area contributed by atoms with Crippen LogP contribution < -0.4 is 20.2 Å². The largest absolute Gasteiger partial charge is 0.491 e. The molecule has 1 heterocycles. The number of aliphatic hydroxyl groups excluding tert-OH is 1. The highest BCUT2D eigenvalue weighted by Crippen LogP contribution is 2.20. The number of rotatable bonds is 14. The number of aromatic nitrogens is 2. The van der Waals surface area contributed by atoms with Gasteiger partial charge in [0.2, 0.25) is 5.88 Å². The number of anilines is 1. The van der Waals surface area contributed by atoms with Crippen molar-refractivity contribution in [3.05, 3.63) is 42.0 Å². The van der Waals surface area contributed by atoms with Crippen molar-refractivity contribution in [2.75, 3.05) is 25.2 Å². The van der Waals surface area contributed by atoms with Crippen LogP contribution in [0.2, 0.25) is 0 Å². The van der Waals surface area contributed by atoms with Gasteiger partial charge in [0.1, 0.15) is 18.5 Å². The Balaban J connectivity index is 1.70. The van der Waals surface area contributed by atoms with Gasteiger partial charge in [0.05, 0.1) is 6.61 Å². The van der Waals surface area contributed by atoms with Gasteiger partial charge in [0.15, 0.2) is 5.82 Å². The van der Waals surface area contributed by atoms with Crippen molar-refractivity contribution in [2.45, 2.75) is 59.1 Å². The number of unbranched alkanes of at least 4 members (excludes halogenated alkanes) is 1. The van der Waals surface area contributed by atoms with Gasteiger partial charge in [-0.15, -0.1) is 10.2 Å². The summed E-state index contributed by atoms with van der Waals surface area (Å²) < 4.78 is 11.5. The Kier molecular flexibility index (Phi) is 10.7. The van der Waals surface area contributed by atoms with Crippen LogP contribution in [0.15, 0.2) is 41.5 Å². The first-order chi connectivity index (χ1) is 14.9. The van der Waals surface area contributed by atoms with Crippen LogP contribution >= 0.6 is 0 Å². The highest BCUT2D eigenvalue weighted by Gasteiger charge is 2.09. The van der Waals surface area contributed by atoms with Gasteiger partial charge in [-0.05, 0) is 50.8 Å². The molecule has 170 valence electrons. The highest BCUT2D eigenvalue weighted by molar-refractivity contribution is 5.79. The van der Waals surface area contributed by atoms with Crippen molar-refractivity contribution in [3.8, 4) is 11.6 Å². The SMILES string of the molecule is CC(C)=NNc1ccc(OCCCCc2ccccc2OCC(O)CNC(C)C)nn1. The van der Waals surface area contributed by atoms with Gasteiger partial charge in [0.25, 0.3) is 0 Å². The van der Waals surface area contributed by atoms with Crippen LogP contribution in [0.1, 0.15) is 46.1 Å². The van der Waals surface area contributed by atoms with Crippen LogP contribution in [0, 0.1) is 0 Å². The number of hydrogen-bond acceptors (Lipinski definition) is 8. The standard InChI is InChI=1S/C23H35N5O3/c1-17(2)24-15-20(29)16-31-21-11-6-5-9-19(21)10-7-8-14-30-23-13-12-22(27-28-23)26-25-18(3)4/h5-6,9,11-13,17,20,24,29H,7-8,10,14-16H2,1-4H3,(H,26,27). The molecule has 31 heavy (non-hydrogen) atoms. The van der Waals surface area contributed by atoms with Crippen molar-refractivity contribution in [2.24, 2.45) is 5.10 Å². The minimum Gasteiger partial charge on any atom is -0.491 e. The van der Waals surface area contributed by atoms with Gasteiger partial charge < -0.3 is 19.9 Å². The Bertz CT molecular complexity index is 792. The van der Waals surface area contributed by atoms with Crippen LogP contribution in [-0.2, 0) is 6.42 Å². The number of para-hydroxylation sites is 1. The number of hydrogen-bond donors (Lipinski definition) is 3. The van der Waals surface area contributed by atoms with Crippen molar-refractivity contribution < 1.29 is 14.6 Å². The van der Waals surface area contributed by atoms with E-state index in [1.54, 1.807) is 12.1 Å². The lowest BCUT2D eigenvalue weighted by Gasteiger charge is -2.16. The summed E-state index contributed by atoms with van der Waals surface area (Å²) in [6.07, 6.45) is 2.18. The van der Waals surface area contributed by atoms with E-state index in [0.717, 1.165) is 36.3 Å². The van der Waals surface area contributed by atoms with Gasteiger partial charge in [-0.1, -0.05) is 32.0 Å². The molecule has 1 atom stereocenters. The second kappa shape index (κ2) is 13.6. The van der Waals surface area contributed by atoms with Crippen LogP contribution in [0.3, 0.4) is 0 Å². The average Bonchev–Trinajstić information content (AvgIpc) is 2.76. The Morgan fingerprint density at radius 2 is 1.87 bits per heavy atom. The highest BCUT2D eigenvalue weighted by atomic mass is 16.5. The molecule has 0 saturated carbocycles. The zero-order chi connectivity index (χ0) is 22.5. The van der Waals surface area contributed by atoms with E-state index in [1.165, 1.54) is 0 Å². The summed E-state index contributed by atoms with van der Waals surface area (Å²) in [5.41, 5.74) is 4.87. The lowest BCUT2D eigenvalue weighted by molar-refractivity contribution is 0.104. The maximum absolute atomic E-state index is 10.1. The Morgan fingerprint density at radius 1 is 1.06 bits per heavy atom. The predicted molar refractivity (Wildman–Crippen MR) is 124 cm³/mol. The molecule has 0 bridgehead atoms. The molecule has 8 heteroatoms. The first-order valence-corrected chi connectivity index (χ1v) is 10.8. The Hall–Kier alpha value is -2.71. The molecule has 0 amide bonds. The van der Waals surface area contributed by atoms with E-state index in [9.17, 15) is 5.11 Å². The molecule has 1 unspecified atom stereocenters. The van der Waals surface area contributed by atoms with Gasteiger partial charge >= 0.3 is 0 Å². The topological polar surface area (TPSA) is 101 Å². The fourth-order valence-corrected chi connectivity index (χ4v) is 2.69. The predicted octanol–water partition coefficient (Wildman–Crippen LogP) is 3.42. The number of nitrogens with zero attached hydrogens (tertiary/aromatic N) is 3. The number of hydrazone groups is 1. The number of ether oxygens (including phenoxy) is 2. The van der Waals surface area contributed by atoms with Gasteiger partial charge in [0, 0.05) is 24.4 Å². The van der Waals surface area contributed by atoms with E-state index in [-0.39, 0.29) is 6.61 Å². The van der Waals surface area contributed by atoms with E-state index in [1.807, 2.05) is 32.0 Å². The maximum atomic E-state index is 10.1. The van der Waals surface area contributed by atoms with E-state index < -0.39 is 6.10 Å². The fourth-order valence-electron chi connectivity index (χ4n) is 2.69. The Labute approximate surface area is 185 Å². The van der Waals surface area contributed by atoms with E-state index in [2.05, 4.69) is 46.0 Å². The van der Waals surface area contributed by atoms with E-state index in [0.29, 0.717) is 30.9 Å². The normalized spacial score (nSPS) is 11.8. The summed E-state index contributed by atoms with van der Waals surface area (Å²) in [5.74, 6) is 1.90. The summed E-state index contributed by atoms with van der Waals surface area (Å²) in [6, 6.07) is 11.9. The van der Waals surface area contributed by atoms with E-state index >= 15 is 0 Å². The van der Waals surface area contributed by atoms with Crippen LogP contribution in [0.5, 0.6) is 11.6 Å². The molecular formula is C23H35N5O3. The zero-order valence-electron chi connectivity index (χ0n) is 19.0. The van der Waals surface area contributed by atoms with Crippen LogP contribution in [0.4, 0.5) is 5.82 Å². The fraction of sp³-hybridized carbons (Fsp3) is 0.522. The molecule has 0 aliphatic carbocycles. The summed E-state index contributed by atoms with van der Waals surface area (Å²) >= 11 is 0. The average molecular weight is 430 g/mol. The number of aryl methyl sites for hydroxylation is 1. The molecule has 0 saturated heterocycles. The van der Waals surface area contributed by atoms with E-state index in [4.69, 9.17) is 9.47 Å². The summed E-state index contributed by atoms with van der Waals surface area (Å²) in [6.45, 7) is 9.25. The number of aliphatic hydroxyl groups is 1. The third kappa shape index (κ3) is 10.2. The number of nitrogens with one attached hydrogen (secondary N) is 2. The molecule has 1 aromatic carbocycles. The lowest BCUT2D eigenvalue weighted by atomic mass is 10.1. The van der Waals surface area contributed by atoms with Gasteiger partial charge in [-0.25, -0.2) is 0 Å². The van der Waals surface area contributed by atoms with Gasteiger partial charge in [-0.3, -0.25) is 5.43 Å². The van der Waals surface area contributed by atoms with Crippen molar-refractivity contribution in [1.29, 1.82) is 0 Å². The molecule has 1 aromatic heterocycles. The second-order valence-electron chi connectivity index (χ2n) is 7.87. The lowest BCUT2D eigenvalue weighted by Crippen LogP contribution is -2.35. The molecule has 0 fully saturated rings. The molecule has 0 aliphatic rings. The molecule has 2 rings (SSSR count). The van der Waals surface area contributed by atoms with Crippen LogP contribution in [0.25, 0.3) is 0 Å². The molecule has 0 spiro atoms. The molecule has 3 N–H and O–H groups in total. The Morgan fingerprint density at radius 3 is 2.58 bits per heavy atom. The molecule has 8 nitrogen and oxygen atoms in total. The van der Waals surface area contributed by atoms with Crippen LogP contribution in [-0.4, -0.2) is 52.9 Å². The van der Waals surface area contributed by atoms with Gasteiger partial charge in [-0.2, -0.15) is 5.10 Å². The molecule has 0 aliphatic heterocycles.